The first-order valence-corrected chi connectivity index (χ1v) is 13.3. The fourth-order valence-corrected chi connectivity index (χ4v) is 5.11. The number of hydrogen-bond donors (Lipinski definition) is 2. The molecule has 0 radical (unpaired) electrons. The van der Waals surface area contributed by atoms with Crippen LogP contribution in [-0.2, 0) is 16.1 Å². The van der Waals surface area contributed by atoms with E-state index < -0.39 is 0 Å². The second-order valence-electron chi connectivity index (χ2n) is 9.20. The van der Waals surface area contributed by atoms with Crippen molar-refractivity contribution in [1.29, 1.82) is 0 Å². The van der Waals surface area contributed by atoms with E-state index in [4.69, 9.17) is 9.72 Å². The van der Waals surface area contributed by atoms with Crippen LogP contribution in [0.1, 0.15) is 65.7 Å². The van der Waals surface area contributed by atoms with Gasteiger partial charge in [-0.3, -0.25) is 4.79 Å². The number of hydrogen-bond acceptors (Lipinski definition) is 7. The summed E-state index contributed by atoms with van der Waals surface area (Å²) < 4.78 is 7.02. The van der Waals surface area contributed by atoms with Gasteiger partial charge in [-0.1, -0.05) is 51.8 Å². The molecule has 33 heavy (non-hydrogen) atoms. The Kier molecular flexibility index (Phi) is 10.2. The molecule has 2 N–H and O–H groups in total. The molecule has 8 nitrogen and oxygen atoms in total. The first-order chi connectivity index (χ1) is 16.0. The van der Waals surface area contributed by atoms with E-state index >= 15 is 0 Å². The summed E-state index contributed by atoms with van der Waals surface area (Å²) in [5, 5.41) is 13.0. The highest BCUT2D eigenvalue weighted by Crippen LogP contribution is 2.32. The van der Waals surface area contributed by atoms with Crippen LogP contribution in [0.4, 0.5) is 5.82 Å². The fourth-order valence-electron chi connectivity index (χ4n) is 4.40. The molecule has 0 atom stereocenters. The zero-order chi connectivity index (χ0) is 23.6. The number of aromatic nitrogens is 4. The van der Waals surface area contributed by atoms with Gasteiger partial charge in [0.2, 0.25) is 5.91 Å². The minimum Gasteiger partial charge on any atom is -0.383 e. The average Bonchev–Trinajstić information content (AvgIpc) is 3.20. The van der Waals surface area contributed by atoms with Crippen molar-refractivity contribution in [3.8, 4) is 0 Å². The number of carbonyl (C=O) groups is 1. The zero-order valence-corrected chi connectivity index (χ0v) is 21.4. The van der Waals surface area contributed by atoms with E-state index in [1.165, 1.54) is 32.1 Å². The first kappa shape index (κ1) is 25.7. The maximum Gasteiger partial charge on any atom is 0.223 e. The van der Waals surface area contributed by atoms with E-state index in [1.807, 2.05) is 4.68 Å². The number of ether oxygens (including phenoxy) is 1. The summed E-state index contributed by atoms with van der Waals surface area (Å²) in [6.45, 7) is 8.89. The van der Waals surface area contributed by atoms with Crippen molar-refractivity contribution in [3.05, 3.63) is 6.20 Å². The van der Waals surface area contributed by atoms with E-state index in [9.17, 15) is 4.79 Å². The summed E-state index contributed by atoms with van der Waals surface area (Å²) in [4.78, 5) is 22.1. The van der Waals surface area contributed by atoms with Gasteiger partial charge in [-0.2, -0.15) is 5.10 Å². The zero-order valence-electron chi connectivity index (χ0n) is 20.6. The number of nitrogens with one attached hydrogen (secondary N) is 2. The van der Waals surface area contributed by atoms with Crippen LogP contribution in [0.3, 0.4) is 0 Å². The number of fused-ring (bicyclic) bond motifs is 1. The number of carbonyl (C=O) groups excluding carboxylic acids is 1. The normalized spacial score (nSPS) is 18.7. The summed E-state index contributed by atoms with van der Waals surface area (Å²) in [6.07, 6.45) is 10.1. The number of thioether (sulfide) groups is 1. The van der Waals surface area contributed by atoms with E-state index in [0.717, 1.165) is 40.8 Å². The van der Waals surface area contributed by atoms with Crippen molar-refractivity contribution in [2.24, 2.45) is 11.8 Å². The van der Waals surface area contributed by atoms with E-state index in [-0.39, 0.29) is 11.8 Å². The lowest BCUT2D eigenvalue weighted by Gasteiger charge is -2.27. The molecular weight excluding hydrogens is 436 g/mol. The van der Waals surface area contributed by atoms with Gasteiger partial charge >= 0.3 is 0 Å². The van der Waals surface area contributed by atoms with Crippen molar-refractivity contribution < 1.29 is 9.53 Å². The highest BCUT2D eigenvalue weighted by molar-refractivity contribution is 7.99. The van der Waals surface area contributed by atoms with E-state index in [1.54, 1.807) is 25.1 Å². The van der Waals surface area contributed by atoms with Crippen molar-refractivity contribution in [1.82, 2.24) is 25.1 Å². The molecule has 1 aliphatic rings. The van der Waals surface area contributed by atoms with Gasteiger partial charge in [0.05, 0.1) is 24.7 Å². The first-order valence-electron chi connectivity index (χ1n) is 12.4. The molecule has 1 fully saturated rings. The monoisotopic (exact) mass is 476 g/mol. The largest absolute Gasteiger partial charge is 0.383 e. The predicted octanol–water partition coefficient (Wildman–Crippen LogP) is 4.50. The Morgan fingerprint density at radius 2 is 2.03 bits per heavy atom. The summed E-state index contributed by atoms with van der Waals surface area (Å²) >= 11 is 1.63. The van der Waals surface area contributed by atoms with Gasteiger partial charge in [-0.05, 0) is 31.6 Å². The molecule has 3 rings (SSSR count). The minimum atomic E-state index is 0.158. The Morgan fingerprint density at radius 1 is 1.24 bits per heavy atom. The smallest absolute Gasteiger partial charge is 0.223 e. The Morgan fingerprint density at radius 3 is 2.73 bits per heavy atom. The summed E-state index contributed by atoms with van der Waals surface area (Å²) in [5.74, 6) is 1.93. The van der Waals surface area contributed by atoms with Gasteiger partial charge in [-0.15, -0.1) is 0 Å². The molecule has 0 saturated heterocycles. The van der Waals surface area contributed by atoms with Crippen molar-refractivity contribution in [2.45, 2.75) is 82.7 Å². The quantitative estimate of drug-likeness (QED) is 0.250. The third-order valence-corrected chi connectivity index (χ3v) is 7.09. The lowest BCUT2D eigenvalue weighted by molar-refractivity contribution is -0.126. The van der Waals surface area contributed by atoms with Crippen molar-refractivity contribution in [2.75, 3.05) is 32.1 Å². The van der Waals surface area contributed by atoms with Gasteiger partial charge in [0.15, 0.2) is 10.8 Å². The second-order valence-corrected chi connectivity index (χ2v) is 10.7. The van der Waals surface area contributed by atoms with Crippen LogP contribution in [-0.4, -0.2) is 57.7 Å². The number of rotatable bonds is 13. The maximum atomic E-state index is 12.7. The van der Waals surface area contributed by atoms with Crippen LogP contribution in [0.15, 0.2) is 11.4 Å². The van der Waals surface area contributed by atoms with Crippen LogP contribution in [0.5, 0.6) is 0 Å². The second kappa shape index (κ2) is 13.1. The molecule has 0 unspecified atom stereocenters. The molecule has 184 valence electrons. The minimum absolute atomic E-state index is 0.158. The van der Waals surface area contributed by atoms with Gasteiger partial charge < -0.3 is 15.4 Å². The molecule has 0 aliphatic heterocycles. The van der Waals surface area contributed by atoms with Crippen LogP contribution in [0.25, 0.3) is 11.0 Å². The van der Waals surface area contributed by atoms with Crippen LogP contribution < -0.4 is 10.6 Å². The Balaban J connectivity index is 1.58. The highest BCUT2D eigenvalue weighted by Gasteiger charge is 2.25. The summed E-state index contributed by atoms with van der Waals surface area (Å²) in [7, 11) is 1.68. The molecule has 2 aromatic heterocycles. The molecule has 0 spiro atoms. The number of nitrogens with zero attached hydrogens (tertiary/aromatic N) is 4. The van der Waals surface area contributed by atoms with Gasteiger partial charge in [0, 0.05) is 31.4 Å². The molecule has 2 aromatic rings. The summed E-state index contributed by atoms with van der Waals surface area (Å²) in [5.41, 5.74) is 0.791. The van der Waals surface area contributed by atoms with E-state index in [0.29, 0.717) is 31.5 Å². The lowest BCUT2D eigenvalue weighted by atomic mass is 9.79. The molecule has 1 saturated carbocycles. The third-order valence-electron chi connectivity index (χ3n) is 6.22. The van der Waals surface area contributed by atoms with Crippen LogP contribution in [0.2, 0.25) is 0 Å². The SMILES string of the molecule is CCCCC1CCC(C(=O)NCCn2ncc3c(NCCOC)nc(SC(C)C)nc32)CC1. The van der Waals surface area contributed by atoms with Crippen molar-refractivity contribution in [3.63, 3.8) is 0 Å². The highest BCUT2D eigenvalue weighted by atomic mass is 32.2. The fraction of sp³-hybridized carbons (Fsp3) is 0.750. The Bertz CT molecular complexity index is 879. The lowest BCUT2D eigenvalue weighted by Crippen LogP contribution is -2.35. The number of amides is 1. The van der Waals surface area contributed by atoms with Crippen LogP contribution >= 0.6 is 11.8 Å². The summed E-state index contributed by atoms with van der Waals surface area (Å²) in [6, 6.07) is 0. The molecule has 2 heterocycles. The molecule has 1 amide bonds. The third kappa shape index (κ3) is 7.57. The number of unbranched alkanes of at least 4 members (excludes halogenated alkanes) is 1. The molecule has 0 bridgehead atoms. The van der Waals surface area contributed by atoms with Crippen LogP contribution in [0, 0.1) is 11.8 Å². The molecule has 9 heteroatoms. The predicted molar refractivity (Wildman–Crippen MR) is 135 cm³/mol. The molecule has 1 aliphatic carbocycles. The Labute approximate surface area is 202 Å². The Hall–Kier alpha value is -1.87. The van der Waals surface area contributed by atoms with Gasteiger partial charge in [-0.25, -0.2) is 14.6 Å². The van der Waals surface area contributed by atoms with Crippen molar-refractivity contribution >= 4 is 34.5 Å². The van der Waals surface area contributed by atoms with Gasteiger partial charge in [0.25, 0.3) is 0 Å². The molecular formula is C24H40N6O2S. The topological polar surface area (TPSA) is 94.0 Å². The average molecular weight is 477 g/mol. The maximum absolute atomic E-state index is 12.7. The van der Waals surface area contributed by atoms with E-state index in [2.05, 4.69) is 41.5 Å². The number of methoxy groups -OCH3 is 1. The molecule has 0 aromatic carbocycles. The van der Waals surface area contributed by atoms with Gasteiger partial charge in [0.1, 0.15) is 5.82 Å². The number of anilines is 1. The standard InChI is InChI=1S/C24H40N6O2S/c1-5-6-7-18-8-10-19(11-9-18)23(31)26-12-14-30-22-20(16-27-30)21(25-13-15-32-4)28-24(29-22)33-17(2)3/h16-19H,5-15H2,1-4H3,(H,26,31)(H,25,28,29).